The second kappa shape index (κ2) is 9.66. The van der Waals surface area contributed by atoms with Crippen LogP contribution in [0.4, 0.5) is 17.1 Å². The number of benzene rings is 6. The molecule has 2 heteroatoms. The molecule has 0 amide bonds. The summed E-state index contributed by atoms with van der Waals surface area (Å²) in [6, 6.07) is 54.4. The highest BCUT2D eigenvalue weighted by molar-refractivity contribution is 7.18. The van der Waals surface area contributed by atoms with Crippen molar-refractivity contribution >= 4 is 49.9 Å². The molecular formula is C36H25NS. The molecule has 0 saturated carbocycles. The second-order valence-corrected chi connectivity index (χ2v) is 10.5. The number of fused-ring (bicyclic) bond motifs is 2. The minimum Gasteiger partial charge on any atom is -0.310 e. The first-order valence-electron chi connectivity index (χ1n) is 12.9. The summed E-state index contributed by atoms with van der Waals surface area (Å²) in [6.07, 6.45) is 0. The molecule has 0 atom stereocenters. The van der Waals surface area contributed by atoms with Crippen molar-refractivity contribution in [3.05, 3.63) is 152 Å². The molecule has 0 saturated heterocycles. The fraction of sp³-hybridized carbons (Fsp3) is 0. The molecule has 7 rings (SSSR count). The van der Waals surface area contributed by atoms with Crippen LogP contribution in [0, 0.1) is 0 Å². The van der Waals surface area contributed by atoms with Crippen molar-refractivity contribution in [2.75, 3.05) is 4.90 Å². The van der Waals surface area contributed by atoms with Gasteiger partial charge in [0.1, 0.15) is 0 Å². The van der Waals surface area contributed by atoms with E-state index < -0.39 is 0 Å². The highest BCUT2D eigenvalue weighted by Gasteiger charge is 2.15. The molecule has 0 aliphatic heterocycles. The first-order chi connectivity index (χ1) is 18.8. The quantitative estimate of drug-likeness (QED) is 0.226. The van der Waals surface area contributed by atoms with Gasteiger partial charge in [-0.3, -0.25) is 0 Å². The Morgan fingerprint density at radius 2 is 1.00 bits per heavy atom. The van der Waals surface area contributed by atoms with Crippen molar-refractivity contribution in [3.63, 3.8) is 0 Å². The zero-order valence-corrected chi connectivity index (χ0v) is 21.6. The number of anilines is 3. The fourth-order valence-corrected chi connectivity index (χ4v) is 6.18. The Balaban J connectivity index is 1.26. The maximum absolute atomic E-state index is 2.35. The maximum Gasteiger partial charge on any atom is 0.0540 e. The van der Waals surface area contributed by atoms with Crippen LogP contribution in [0.3, 0.4) is 0 Å². The molecule has 1 aromatic heterocycles. The molecule has 38 heavy (non-hydrogen) atoms. The van der Waals surface area contributed by atoms with Crippen LogP contribution in [0.15, 0.2) is 152 Å². The molecule has 6 aromatic carbocycles. The highest BCUT2D eigenvalue weighted by atomic mass is 32.1. The minimum absolute atomic E-state index is 1.14. The Hall–Kier alpha value is -4.66. The van der Waals surface area contributed by atoms with Gasteiger partial charge in [0.2, 0.25) is 0 Å². The number of para-hydroxylation sites is 1. The molecule has 0 bridgehead atoms. The summed E-state index contributed by atoms with van der Waals surface area (Å²) in [7, 11) is 0. The average molecular weight is 504 g/mol. The van der Waals surface area contributed by atoms with Gasteiger partial charge in [-0.05, 0) is 75.8 Å². The number of nitrogens with zero attached hydrogens (tertiary/aromatic N) is 1. The van der Waals surface area contributed by atoms with Crippen molar-refractivity contribution in [3.8, 4) is 20.9 Å². The molecule has 0 radical (unpaired) electrons. The van der Waals surface area contributed by atoms with Gasteiger partial charge in [0.05, 0.1) is 5.69 Å². The first kappa shape index (κ1) is 22.5. The van der Waals surface area contributed by atoms with Crippen molar-refractivity contribution in [2.24, 2.45) is 0 Å². The third-order valence-corrected chi connectivity index (χ3v) is 8.26. The first-order valence-corrected chi connectivity index (χ1v) is 13.7. The average Bonchev–Trinajstić information content (AvgIpc) is 3.49. The van der Waals surface area contributed by atoms with Gasteiger partial charge in [-0.2, -0.15) is 0 Å². The molecule has 0 unspecified atom stereocenters. The van der Waals surface area contributed by atoms with Gasteiger partial charge < -0.3 is 4.90 Å². The minimum atomic E-state index is 1.14. The zero-order valence-electron chi connectivity index (χ0n) is 20.8. The molecular weight excluding hydrogens is 478 g/mol. The van der Waals surface area contributed by atoms with Crippen LogP contribution in [-0.4, -0.2) is 0 Å². The third kappa shape index (κ3) is 4.15. The van der Waals surface area contributed by atoms with Crippen molar-refractivity contribution in [2.45, 2.75) is 0 Å². The topological polar surface area (TPSA) is 3.24 Å². The largest absolute Gasteiger partial charge is 0.310 e. The lowest BCUT2D eigenvalue weighted by atomic mass is 10.1. The van der Waals surface area contributed by atoms with E-state index in [0.29, 0.717) is 0 Å². The summed E-state index contributed by atoms with van der Waals surface area (Å²) < 4.78 is 0. The highest BCUT2D eigenvalue weighted by Crippen LogP contribution is 2.40. The van der Waals surface area contributed by atoms with E-state index in [2.05, 4.69) is 157 Å². The van der Waals surface area contributed by atoms with E-state index in [-0.39, 0.29) is 0 Å². The van der Waals surface area contributed by atoms with Crippen molar-refractivity contribution in [1.29, 1.82) is 0 Å². The van der Waals surface area contributed by atoms with Crippen LogP contribution in [-0.2, 0) is 0 Å². The van der Waals surface area contributed by atoms with Crippen LogP contribution in [0.2, 0.25) is 0 Å². The molecule has 0 fully saturated rings. The standard InChI is InChI=1S/C36H25NS/c1-2-13-31(14-3-1)37(34-16-8-12-27-10-6-7-15-33(27)34)32-21-19-28(20-22-32)35-23-24-36(38-35)30-18-17-26-9-4-5-11-29(26)25-30/h1-25H. The fourth-order valence-electron chi connectivity index (χ4n) is 5.17. The van der Waals surface area contributed by atoms with Crippen LogP contribution < -0.4 is 4.90 Å². The van der Waals surface area contributed by atoms with Gasteiger partial charge in [-0.1, -0.05) is 103 Å². The van der Waals surface area contributed by atoms with E-state index in [0.717, 1.165) is 11.4 Å². The van der Waals surface area contributed by atoms with Gasteiger partial charge >= 0.3 is 0 Å². The van der Waals surface area contributed by atoms with Crippen molar-refractivity contribution in [1.82, 2.24) is 0 Å². The Morgan fingerprint density at radius 1 is 0.395 bits per heavy atom. The number of rotatable bonds is 5. The van der Waals surface area contributed by atoms with Gasteiger partial charge in [-0.25, -0.2) is 0 Å². The third-order valence-electron chi connectivity index (χ3n) is 7.07. The van der Waals surface area contributed by atoms with E-state index in [1.165, 1.54) is 48.1 Å². The molecule has 1 heterocycles. The van der Waals surface area contributed by atoms with Crippen LogP contribution >= 0.6 is 11.3 Å². The van der Waals surface area contributed by atoms with E-state index in [9.17, 15) is 0 Å². The monoisotopic (exact) mass is 503 g/mol. The normalized spacial score (nSPS) is 11.2. The maximum atomic E-state index is 2.35. The van der Waals surface area contributed by atoms with Gasteiger partial charge in [0.25, 0.3) is 0 Å². The van der Waals surface area contributed by atoms with Gasteiger partial charge in [-0.15, -0.1) is 11.3 Å². The Kier molecular flexibility index (Phi) is 5.73. The Bertz CT molecular complexity index is 1860. The summed E-state index contributed by atoms with van der Waals surface area (Å²) in [5.41, 5.74) is 5.96. The zero-order chi connectivity index (χ0) is 25.3. The molecule has 0 aliphatic carbocycles. The van der Waals surface area contributed by atoms with Gasteiger partial charge in [0, 0.05) is 26.5 Å². The van der Waals surface area contributed by atoms with E-state index >= 15 is 0 Å². The van der Waals surface area contributed by atoms with Crippen LogP contribution in [0.5, 0.6) is 0 Å². The molecule has 0 spiro atoms. The summed E-state index contributed by atoms with van der Waals surface area (Å²) in [6.45, 7) is 0. The SMILES string of the molecule is c1ccc(N(c2ccc(-c3ccc(-c4ccc5ccccc5c4)s3)cc2)c2cccc3ccccc23)cc1. The summed E-state index contributed by atoms with van der Waals surface area (Å²) in [5.74, 6) is 0. The van der Waals surface area contributed by atoms with E-state index in [1.807, 2.05) is 11.3 Å². The molecule has 0 aliphatic rings. The second-order valence-electron chi connectivity index (χ2n) is 9.44. The lowest BCUT2D eigenvalue weighted by Gasteiger charge is -2.27. The summed E-state index contributed by atoms with van der Waals surface area (Å²) in [4.78, 5) is 4.91. The van der Waals surface area contributed by atoms with Crippen LogP contribution in [0.25, 0.3) is 42.4 Å². The predicted molar refractivity (Wildman–Crippen MR) is 165 cm³/mol. The number of hydrogen-bond donors (Lipinski definition) is 0. The smallest absolute Gasteiger partial charge is 0.0540 e. The van der Waals surface area contributed by atoms with Gasteiger partial charge in [0.15, 0.2) is 0 Å². The molecule has 7 aromatic rings. The Labute approximate surface area is 226 Å². The lowest BCUT2D eigenvalue weighted by molar-refractivity contribution is 1.30. The number of hydrogen-bond acceptors (Lipinski definition) is 2. The Morgan fingerprint density at radius 3 is 1.82 bits per heavy atom. The summed E-state index contributed by atoms with van der Waals surface area (Å²) >= 11 is 1.84. The molecule has 0 N–H and O–H groups in total. The van der Waals surface area contributed by atoms with E-state index in [4.69, 9.17) is 0 Å². The number of thiophene rings is 1. The molecule has 180 valence electrons. The lowest BCUT2D eigenvalue weighted by Crippen LogP contribution is -2.10. The van der Waals surface area contributed by atoms with E-state index in [1.54, 1.807) is 0 Å². The molecule has 1 nitrogen and oxygen atoms in total. The predicted octanol–water partition coefficient (Wildman–Crippen LogP) is 10.9. The van der Waals surface area contributed by atoms with Crippen LogP contribution in [0.1, 0.15) is 0 Å². The summed E-state index contributed by atoms with van der Waals surface area (Å²) in [5, 5.41) is 5.03. The van der Waals surface area contributed by atoms with Crippen molar-refractivity contribution < 1.29 is 0 Å².